The maximum absolute atomic E-state index is 12.6. The summed E-state index contributed by atoms with van der Waals surface area (Å²) in [7, 11) is 0. The number of unbranched alkanes of at least 4 members (excludes halogenated alkanes) is 44. The lowest BCUT2D eigenvalue weighted by molar-refractivity contribution is -0.132. The highest BCUT2D eigenvalue weighted by Crippen LogP contribution is 2.19. The van der Waals surface area contributed by atoms with Gasteiger partial charge in [-0.25, -0.2) is 0 Å². The molecule has 0 aromatic heterocycles. The van der Waals surface area contributed by atoms with Gasteiger partial charge in [-0.2, -0.15) is 0 Å². The van der Waals surface area contributed by atoms with Crippen molar-refractivity contribution in [3.05, 3.63) is 12.2 Å². The van der Waals surface area contributed by atoms with E-state index in [1.54, 1.807) is 0 Å². The van der Waals surface area contributed by atoms with Crippen molar-refractivity contribution in [2.75, 3.05) is 6.61 Å². The minimum Gasteiger partial charge on any atom is -0.394 e. The molecule has 0 aliphatic heterocycles. The molecule has 0 rings (SSSR count). The third-order valence-electron chi connectivity index (χ3n) is 14.2. The predicted octanol–water partition coefficient (Wildman–Crippen LogP) is 17.3. The van der Waals surface area contributed by atoms with E-state index in [4.69, 9.17) is 0 Å². The van der Waals surface area contributed by atoms with Crippen LogP contribution in [-0.2, 0) is 4.79 Å². The second-order valence-electron chi connectivity index (χ2n) is 20.7. The molecule has 0 saturated heterocycles. The highest BCUT2D eigenvalue weighted by Gasteiger charge is 2.28. The number of aliphatic hydroxyl groups excluding tert-OH is 4. The van der Waals surface area contributed by atoms with Crippen LogP contribution in [0.2, 0.25) is 0 Å². The summed E-state index contributed by atoms with van der Waals surface area (Å²) in [6.45, 7) is 4.10. The smallest absolute Gasteiger partial charge is 0.249 e. The quantitative estimate of drug-likeness (QED) is 0.0308. The van der Waals surface area contributed by atoms with Crippen molar-refractivity contribution in [3.8, 4) is 0 Å². The number of aliphatic hydroxyl groups is 4. The summed E-state index contributed by atoms with van der Waals surface area (Å²) in [5, 5.41) is 44.1. The lowest BCUT2D eigenvalue weighted by Gasteiger charge is -2.27. The summed E-state index contributed by atoms with van der Waals surface area (Å²) in [4.78, 5) is 12.6. The van der Waals surface area contributed by atoms with Gasteiger partial charge in [-0.3, -0.25) is 4.79 Å². The molecule has 0 radical (unpaired) electrons. The largest absolute Gasteiger partial charge is 0.394 e. The zero-order valence-electron chi connectivity index (χ0n) is 44.0. The molecule has 0 heterocycles. The van der Waals surface area contributed by atoms with Gasteiger partial charge in [-0.15, -0.1) is 0 Å². The fraction of sp³-hybridized carbons (Fsp3) is 0.949. The normalized spacial score (nSPS) is 13.8. The van der Waals surface area contributed by atoms with Crippen LogP contribution < -0.4 is 5.32 Å². The standard InChI is InChI=1S/C59H117NO5/c1-3-5-7-9-11-13-15-17-19-21-23-25-27-28-29-31-32-34-36-38-40-42-44-46-48-50-52-56(62)58(64)55(54-61)60-59(65)57(63)53-51-49-47-45-43-41-39-37-35-33-30-26-24-22-20-18-16-14-12-10-8-6-4-2/h33,35,55-58,61-64H,3-32,34,36-54H2,1-2H3,(H,60,65)/b35-33-. The summed E-state index contributed by atoms with van der Waals surface area (Å²) >= 11 is 0. The molecule has 0 aromatic rings. The van der Waals surface area contributed by atoms with E-state index in [1.165, 1.54) is 263 Å². The van der Waals surface area contributed by atoms with Crippen molar-refractivity contribution in [2.24, 2.45) is 0 Å². The Balaban J connectivity index is 3.59. The second kappa shape index (κ2) is 54.0. The van der Waals surface area contributed by atoms with Gasteiger partial charge >= 0.3 is 0 Å². The molecule has 65 heavy (non-hydrogen) atoms. The minimum absolute atomic E-state index is 0.367. The molecule has 4 atom stereocenters. The first kappa shape index (κ1) is 64.0. The summed E-state index contributed by atoms with van der Waals surface area (Å²) in [6.07, 6.45) is 64.3. The van der Waals surface area contributed by atoms with Crippen LogP contribution in [0.25, 0.3) is 0 Å². The van der Waals surface area contributed by atoms with Crippen LogP contribution in [0, 0.1) is 0 Å². The lowest BCUT2D eigenvalue weighted by Crippen LogP contribution is -2.53. The van der Waals surface area contributed by atoms with E-state index >= 15 is 0 Å². The first-order chi connectivity index (χ1) is 32.0. The molecule has 388 valence electrons. The van der Waals surface area contributed by atoms with Gasteiger partial charge in [-0.1, -0.05) is 302 Å². The first-order valence-corrected chi connectivity index (χ1v) is 29.6. The van der Waals surface area contributed by atoms with Crippen LogP contribution in [0.5, 0.6) is 0 Å². The Hall–Kier alpha value is -0.950. The van der Waals surface area contributed by atoms with Gasteiger partial charge in [0.05, 0.1) is 18.8 Å². The Bertz CT molecular complexity index is 944. The fourth-order valence-corrected chi connectivity index (χ4v) is 9.58. The molecule has 1 amide bonds. The maximum atomic E-state index is 12.6. The number of rotatable bonds is 55. The van der Waals surface area contributed by atoms with Crippen molar-refractivity contribution in [3.63, 3.8) is 0 Å². The fourth-order valence-electron chi connectivity index (χ4n) is 9.58. The molecule has 0 saturated carbocycles. The predicted molar refractivity (Wildman–Crippen MR) is 284 cm³/mol. The molecule has 0 aliphatic rings. The third-order valence-corrected chi connectivity index (χ3v) is 14.2. The third kappa shape index (κ3) is 47.9. The first-order valence-electron chi connectivity index (χ1n) is 29.6. The molecule has 4 unspecified atom stereocenters. The molecular weight excluding hydrogens is 803 g/mol. The van der Waals surface area contributed by atoms with Crippen molar-refractivity contribution < 1.29 is 25.2 Å². The van der Waals surface area contributed by atoms with Gasteiger partial charge in [0.15, 0.2) is 0 Å². The van der Waals surface area contributed by atoms with Gasteiger partial charge in [0.2, 0.25) is 5.91 Å². The monoisotopic (exact) mass is 920 g/mol. The molecule has 6 heteroatoms. The Morgan fingerprint density at radius 1 is 0.369 bits per heavy atom. The van der Waals surface area contributed by atoms with Gasteiger partial charge in [0.25, 0.3) is 0 Å². The Morgan fingerprint density at radius 3 is 0.892 bits per heavy atom. The zero-order valence-corrected chi connectivity index (χ0v) is 44.0. The highest BCUT2D eigenvalue weighted by atomic mass is 16.3. The van der Waals surface area contributed by atoms with E-state index in [0.29, 0.717) is 12.8 Å². The SMILES string of the molecule is CCCCCCCCCCCCCC/C=C\CCCCCCCCCC(O)C(=O)NC(CO)C(O)C(O)CCCCCCCCCCCCCCCCCCCCCCCCCCCC. The molecular formula is C59H117NO5. The number of carbonyl (C=O) groups excluding carboxylic acids is 1. The Kier molecular flexibility index (Phi) is 53.2. The van der Waals surface area contributed by atoms with Crippen molar-refractivity contribution in [2.45, 2.75) is 353 Å². The zero-order chi connectivity index (χ0) is 47.4. The number of nitrogens with one attached hydrogen (secondary N) is 1. The van der Waals surface area contributed by atoms with Crippen LogP contribution in [-0.4, -0.2) is 57.3 Å². The van der Waals surface area contributed by atoms with Gasteiger partial charge in [0, 0.05) is 0 Å². The number of carbonyl (C=O) groups is 1. The summed E-state index contributed by atoms with van der Waals surface area (Å²) in [5.41, 5.74) is 0. The average Bonchev–Trinajstić information content (AvgIpc) is 3.31. The number of amides is 1. The van der Waals surface area contributed by atoms with Crippen molar-refractivity contribution in [1.82, 2.24) is 5.32 Å². The van der Waals surface area contributed by atoms with Crippen molar-refractivity contribution >= 4 is 5.91 Å². The second-order valence-corrected chi connectivity index (χ2v) is 20.7. The van der Waals surface area contributed by atoms with E-state index in [9.17, 15) is 25.2 Å². The Labute approximate surface area is 406 Å². The molecule has 0 spiro atoms. The van der Waals surface area contributed by atoms with Crippen LogP contribution >= 0.6 is 0 Å². The summed E-state index contributed by atoms with van der Waals surface area (Å²) in [6, 6.07) is -0.986. The van der Waals surface area contributed by atoms with E-state index in [2.05, 4.69) is 31.3 Å². The van der Waals surface area contributed by atoms with Gasteiger partial charge < -0.3 is 25.7 Å². The van der Waals surface area contributed by atoms with Crippen LogP contribution in [0.1, 0.15) is 328 Å². The van der Waals surface area contributed by atoms with E-state index in [1.807, 2.05) is 0 Å². The van der Waals surface area contributed by atoms with E-state index in [-0.39, 0.29) is 0 Å². The molecule has 0 bridgehead atoms. The van der Waals surface area contributed by atoms with E-state index in [0.717, 1.165) is 38.5 Å². The molecule has 0 aromatic carbocycles. The summed E-state index contributed by atoms with van der Waals surface area (Å²) < 4.78 is 0. The van der Waals surface area contributed by atoms with Crippen LogP contribution in [0.4, 0.5) is 0 Å². The van der Waals surface area contributed by atoms with E-state index < -0.39 is 36.9 Å². The Morgan fingerprint density at radius 2 is 0.615 bits per heavy atom. The molecule has 0 aliphatic carbocycles. The molecule has 0 fully saturated rings. The topological polar surface area (TPSA) is 110 Å². The minimum atomic E-state index is -1.26. The summed E-state index contributed by atoms with van der Waals surface area (Å²) in [5.74, 6) is -0.581. The number of allylic oxidation sites excluding steroid dienone is 2. The molecule has 6 nitrogen and oxygen atoms in total. The lowest BCUT2D eigenvalue weighted by atomic mass is 9.99. The number of hydrogen-bond acceptors (Lipinski definition) is 5. The maximum Gasteiger partial charge on any atom is 0.249 e. The average molecular weight is 921 g/mol. The van der Waals surface area contributed by atoms with Crippen LogP contribution in [0.3, 0.4) is 0 Å². The molecule has 5 N–H and O–H groups in total. The number of hydrogen-bond donors (Lipinski definition) is 5. The van der Waals surface area contributed by atoms with Gasteiger partial charge in [-0.05, 0) is 38.5 Å². The van der Waals surface area contributed by atoms with Crippen LogP contribution in [0.15, 0.2) is 12.2 Å². The van der Waals surface area contributed by atoms with Crippen molar-refractivity contribution in [1.29, 1.82) is 0 Å². The van der Waals surface area contributed by atoms with Gasteiger partial charge in [0.1, 0.15) is 12.2 Å². The highest BCUT2D eigenvalue weighted by molar-refractivity contribution is 5.80.